The van der Waals surface area contributed by atoms with Crippen LogP contribution in [-0.2, 0) is 19.4 Å². The van der Waals surface area contributed by atoms with E-state index in [1.165, 1.54) is 35.0 Å². The predicted octanol–water partition coefficient (Wildman–Crippen LogP) is 2.77. The molecular formula is C19H23F2N5O. The minimum absolute atomic E-state index is 0.329. The molecule has 6 nitrogen and oxygen atoms in total. The number of nitrogens with zero attached hydrogens (tertiary/aromatic N) is 5. The maximum atomic E-state index is 12.6. The number of alkyl halides is 2. The lowest BCUT2D eigenvalue weighted by molar-refractivity contribution is 0.145. The third-order valence-electron chi connectivity index (χ3n) is 5.60. The Hall–Kier alpha value is -2.38. The van der Waals surface area contributed by atoms with E-state index in [4.69, 9.17) is 0 Å². The van der Waals surface area contributed by atoms with Crippen molar-refractivity contribution in [2.45, 2.75) is 51.5 Å². The SMILES string of the molecule is O=c1cc(C(F)F)ncn1CC1CCN(c2ncnc3c2CCCC3)CC1. The lowest BCUT2D eigenvalue weighted by Gasteiger charge is -2.34. The number of hydrogen-bond acceptors (Lipinski definition) is 5. The van der Waals surface area contributed by atoms with Gasteiger partial charge in [0.15, 0.2) is 0 Å². The molecule has 0 bridgehead atoms. The number of piperidine rings is 1. The molecule has 0 amide bonds. The quantitative estimate of drug-likeness (QED) is 0.822. The van der Waals surface area contributed by atoms with Crippen LogP contribution >= 0.6 is 0 Å². The Balaban J connectivity index is 1.41. The summed E-state index contributed by atoms with van der Waals surface area (Å²) in [5.74, 6) is 1.40. The van der Waals surface area contributed by atoms with Gasteiger partial charge < -0.3 is 4.90 Å². The zero-order chi connectivity index (χ0) is 18.8. The molecule has 8 heteroatoms. The summed E-state index contributed by atoms with van der Waals surface area (Å²) in [5.41, 5.74) is 1.61. The molecule has 1 saturated heterocycles. The van der Waals surface area contributed by atoms with Crippen LogP contribution in [-0.4, -0.2) is 32.6 Å². The largest absolute Gasteiger partial charge is 0.356 e. The van der Waals surface area contributed by atoms with E-state index in [2.05, 4.69) is 19.9 Å². The molecule has 2 aromatic rings. The van der Waals surface area contributed by atoms with E-state index in [0.717, 1.165) is 50.7 Å². The van der Waals surface area contributed by atoms with Crippen LogP contribution < -0.4 is 10.5 Å². The van der Waals surface area contributed by atoms with Crippen LogP contribution in [0.5, 0.6) is 0 Å². The number of aromatic nitrogens is 4. The molecule has 0 aromatic carbocycles. The van der Waals surface area contributed by atoms with E-state index in [9.17, 15) is 13.6 Å². The van der Waals surface area contributed by atoms with Gasteiger partial charge in [0, 0.05) is 37.0 Å². The summed E-state index contributed by atoms with van der Waals surface area (Å²) in [5, 5.41) is 0. The van der Waals surface area contributed by atoms with Crippen molar-refractivity contribution in [1.82, 2.24) is 19.5 Å². The fourth-order valence-corrected chi connectivity index (χ4v) is 4.08. The zero-order valence-electron chi connectivity index (χ0n) is 15.2. The van der Waals surface area contributed by atoms with Crippen molar-refractivity contribution >= 4 is 5.82 Å². The molecule has 1 aliphatic heterocycles. The smallest absolute Gasteiger partial charge is 0.280 e. The molecule has 0 spiro atoms. The van der Waals surface area contributed by atoms with Gasteiger partial charge in [0.25, 0.3) is 12.0 Å². The first-order valence-electron chi connectivity index (χ1n) is 9.54. The summed E-state index contributed by atoms with van der Waals surface area (Å²) < 4.78 is 26.7. The van der Waals surface area contributed by atoms with Crippen LogP contribution in [0.4, 0.5) is 14.6 Å². The molecule has 0 saturated carbocycles. The number of anilines is 1. The number of hydrogen-bond donors (Lipinski definition) is 0. The highest BCUT2D eigenvalue weighted by atomic mass is 19.3. The first-order valence-corrected chi connectivity index (χ1v) is 9.54. The lowest BCUT2D eigenvalue weighted by Crippen LogP contribution is -2.37. The van der Waals surface area contributed by atoms with Crippen LogP contribution in [0.3, 0.4) is 0 Å². The van der Waals surface area contributed by atoms with Gasteiger partial charge in [-0.3, -0.25) is 9.36 Å². The molecule has 2 aromatic heterocycles. The third kappa shape index (κ3) is 3.84. The van der Waals surface area contributed by atoms with E-state index in [1.807, 2.05) is 0 Å². The fraction of sp³-hybridized carbons (Fsp3) is 0.579. The number of halogens is 2. The first-order chi connectivity index (χ1) is 13.1. The average Bonchev–Trinajstić information content (AvgIpc) is 2.69. The fourth-order valence-electron chi connectivity index (χ4n) is 4.08. The number of fused-ring (bicyclic) bond motifs is 1. The summed E-state index contributed by atoms with van der Waals surface area (Å²) in [6, 6.07) is 0.937. The van der Waals surface area contributed by atoms with Crippen LogP contribution in [0.1, 0.15) is 49.1 Å². The van der Waals surface area contributed by atoms with Gasteiger partial charge in [0.2, 0.25) is 0 Å². The highest BCUT2D eigenvalue weighted by Gasteiger charge is 2.25. The summed E-state index contributed by atoms with van der Waals surface area (Å²) in [6.07, 6.45) is 6.53. The van der Waals surface area contributed by atoms with Crippen molar-refractivity contribution in [2.75, 3.05) is 18.0 Å². The predicted molar refractivity (Wildman–Crippen MR) is 97.1 cm³/mol. The zero-order valence-corrected chi connectivity index (χ0v) is 15.2. The molecule has 0 N–H and O–H groups in total. The maximum absolute atomic E-state index is 12.6. The molecule has 1 fully saturated rings. The Morgan fingerprint density at radius 3 is 2.63 bits per heavy atom. The number of rotatable bonds is 4. The number of aryl methyl sites for hydroxylation is 1. The Bertz CT molecular complexity index is 861. The highest BCUT2D eigenvalue weighted by molar-refractivity contribution is 5.49. The first kappa shape index (κ1) is 18.0. The Labute approximate surface area is 156 Å². The summed E-state index contributed by atoms with van der Waals surface area (Å²) >= 11 is 0. The Morgan fingerprint density at radius 1 is 1.11 bits per heavy atom. The minimum Gasteiger partial charge on any atom is -0.356 e. The topological polar surface area (TPSA) is 63.9 Å². The average molecular weight is 375 g/mol. The molecule has 0 unspecified atom stereocenters. The maximum Gasteiger partial charge on any atom is 0.280 e. The van der Waals surface area contributed by atoms with Crippen molar-refractivity contribution in [3.63, 3.8) is 0 Å². The van der Waals surface area contributed by atoms with Gasteiger partial charge in [-0.2, -0.15) is 0 Å². The van der Waals surface area contributed by atoms with Crippen molar-refractivity contribution in [3.05, 3.63) is 46.0 Å². The summed E-state index contributed by atoms with van der Waals surface area (Å²) in [4.78, 5) is 27.0. The van der Waals surface area contributed by atoms with Crippen molar-refractivity contribution in [2.24, 2.45) is 5.92 Å². The van der Waals surface area contributed by atoms with Gasteiger partial charge in [-0.1, -0.05) is 0 Å². The molecular weight excluding hydrogens is 352 g/mol. The van der Waals surface area contributed by atoms with Crippen LogP contribution in [0, 0.1) is 5.92 Å². The molecule has 0 radical (unpaired) electrons. The molecule has 2 aliphatic rings. The molecule has 0 atom stereocenters. The molecule has 27 heavy (non-hydrogen) atoms. The monoisotopic (exact) mass is 375 g/mol. The van der Waals surface area contributed by atoms with Gasteiger partial charge in [-0.25, -0.2) is 23.7 Å². The second-order valence-electron chi connectivity index (χ2n) is 7.37. The van der Waals surface area contributed by atoms with Crippen LogP contribution in [0.15, 0.2) is 23.5 Å². The standard InChI is InChI=1S/C19H23F2N5O/c20-18(21)16-9-17(27)26(12-24-16)10-13-5-7-25(8-6-13)19-14-3-1-2-4-15(14)22-11-23-19/h9,11-13,18H,1-8,10H2. The minimum atomic E-state index is -2.71. The van der Waals surface area contributed by atoms with E-state index in [-0.39, 0.29) is 0 Å². The van der Waals surface area contributed by atoms with Crippen molar-refractivity contribution in [3.8, 4) is 0 Å². The van der Waals surface area contributed by atoms with Gasteiger partial charge in [-0.15, -0.1) is 0 Å². The van der Waals surface area contributed by atoms with E-state index in [1.54, 1.807) is 6.33 Å². The molecule has 144 valence electrons. The Kier molecular flexibility index (Phi) is 5.13. The molecule has 4 rings (SSSR count). The van der Waals surface area contributed by atoms with Gasteiger partial charge >= 0.3 is 0 Å². The van der Waals surface area contributed by atoms with Crippen LogP contribution in [0.2, 0.25) is 0 Å². The lowest BCUT2D eigenvalue weighted by atomic mass is 9.93. The molecule has 3 heterocycles. The normalized spacial score (nSPS) is 18.0. The Morgan fingerprint density at radius 2 is 1.89 bits per heavy atom. The van der Waals surface area contributed by atoms with Crippen molar-refractivity contribution < 1.29 is 8.78 Å². The van der Waals surface area contributed by atoms with Gasteiger partial charge in [0.05, 0.1) is 6.33 Å². The second kappa shape index (κ2) is 7.70. The van der Waals surface area contributed by atoms with E-state index < -0.39 is 17.7 Å². The summed E-state index contributed by atoms with van der Waals surface area (Å²) in [7, 11) is 0. The second-order valence-corrected chi connectivity index (χ2v) is 7.37. The van der Waals surface area contributed by atoms with Gasteiger partial charge in [-0.05, 0) is 44.4 Å². The summed E-state index contributed by atoms with van der Waals surface area (Å²) in [6.45, 7) is 2.28. The van der Waals surface area contributed by atoms with E-state index >= 15 is 0 Å². The third-order valence-corrected chi connectivity index (χ3v) is 5.60. The molecule has 1 aliphatic carbocycles. The van der Waals surface area contributed by atoms with Crippen molar-refractivity contribution in [1.29, 1.82) is 0 Å². The van der Waals surface area contributed by atoms with Gasteiger partial charge in [0.1, 0.15) is 17.8 Å². The van der Waals surface area contributed by atoms with Crippen LogP contribution in [0.25, 0.3) is 0 Å². The highest BCUT2D eigenvalue weighted by Crippen LogP contribution is 2.30. The van der Waals surface area contributed by atoms with E-state index in [0.29, 0.717) is 12.5 Å².